The Hall–Kier alpha value is -1.55. The van der Waals surface area contributed by atoms with Crippen LogP contribution >= 0.6 is 0 Å². The maximum absolute atomic E-state index is 12.0. The van der Waals surface area contributed by atoms with Crippen molar-refractivity contribution in [1.29, 1.82) is 0 Å². The highest BCUT2D eigenvalue weighted by Crippen LogP contribution is 2.24. The predicted octanol–water partition coefficient (Wildman–Crippen LogP) is 2.07. The van der Waals surface area contributed by atoms with Crippen molar-refractivity contribution in [1.82, 2.24) is 4.90 Å². The Morgan fingerprint density at radius 3 is 2.53 bits per heavy atom. The van der Waals surface area contributed by atoms with Crippen molar-refractivity contribution in [2.45, 2.75) is 31.8 Å². The Morgan fingerprint density at radius 1 is 1.32 bits per heavy atom. The third-order valence-electron chi connectivity index (χ3n) is 3.49. The number of likely N-dealkylation sites (N-methyl/N-ethyl adjacent to an activating group) is 1. The maximum Gasteiger partial charge on any atom is 0.253 e. The number of benzene rings is 1. The van der Waals surface area contributed by atoms with E-state index in [1.165, 1.54) is 17.7 Å². The van der Waals surface area contributed by atoms with Gasteiger partial charge in [-0.2, -0.15) is 0 Å². The van der Waals surface area contributed by atoms with E-state index >= 15 is 0 Å². The minimum atomic E-state index is -0.0820. The summed E-state index contributed by atoms with van der Waals surface area (Å²) >= 11 is 0. The van der Waals surface area contributed by atoms with Gasteiger partial charge in [-0.05, 0) is 49.9 Å². The van der Waals surface area contributed by atoms with Crippen molar-refractivity contribution in [3.05, 3.63) is 29.8 Å². The molecule has 0 atom stereocenters. The number of aliphatic hydroxyl groups is 1. The maximum atomic E-state index is 12.0. The molecule has 1 aliphatic carbocycles. The largest absolute Gasteiger partial charge is 0.490 e. The zero-order chi connectivity index (χ0) is 13.7. The molecule has 4 nitrogen and oxygen atoms in total. The number of carbonyl (C=O) groups is 1. The molecule has 0 aromatic heterocycles. The van der Waals surface area contributed by atoms with Gasteiger partial charge in [-0.1, -0.05) is 0 Å². The minimum Gasteiger partial charge on any atom is -0.490 e. The van der Waals surface area contributed by atoms with E-state index in [2.05, 4.69) is 0 Å². The van der Waals surface area contributed by atoms with Crippen LogP contribution in [0.15, 0.2) is 24.3 Å². The second-order valence-electron chi connectivity index (χ2n) is 5.00. The lowest BCUT2D eigenvalue weighted by Crippen LogP contribution is -2.29. The van der Waals surface area contributed by atoms with Crippen molar-refractivity contribution in [3.8, 4) is 5.75 Å². The Morgan fingerprint density at radius 2 is 1.95 bits per heavy atom. The zero-order valence-electron chi connectivity index (χ0n) is 11.3. The second-order valence-corrected chi connectivity index (χ2v) is 5.00. The fraction of sp³-hybridized carbons (Fsp3) is 0.533. The number of hydrogen-bond acceptors (Lipinski definition) is 3. The lowest BCUT2D eigenvalue weighted by atomic mass is 10.2. The first-order valence-corrected chi connectivity index (χ1v) is 6.84. The van der Waals surface area contributed by atoms with E-state index in [-0.39, 0.29) is 12.5 Å². The average molecular weight is 263 g/mol. The van der Waals surface area contributed by atoms with Crippen LogP contribution in [0.4, 0.5) is 0 Å². The molecule has 0 radical (unpaired) electrons. The van der Waals surface area contributed by atoms with Gasteiger partial charge in [-0.3, -0.25) is 4.79 Å². The van der Waals surface area contributed by atoms with Gasteiger partial charge in [0.05, 0.1) is 12.7 Å². The Kier molecular flexibility index (Phi) is 4.80. The molecular weight excluding hydrogens is 242 g/mol. The minimum absolute atomic E-state index is 0.0227. The van der Waals surface area contributed by atoms with Gasteiger partial charge in [0, 0.05) is 19.2 Å². The highest BCUT2D eigenvalue weighted by molar-refractivity contribution is 5.94. The zero-order valence-corrected chi connectivity index (χ0v) is 11.3. The lowest BCUT2D eigenvalue weighted by molar-refractivity contribution is 0.0767. The van der Waals surface area contributed by atoms with Gasteiger partial charge >= 0.3 is 0 Å². The molecule has 1 aromatic rings. The second kappa shape index (κ2) is 6.57. The van der Waals surface area contributed by atoms with Crippen molar-refractivity contribution in [2.75, 3.05) is 20.2 Å². The predicted molar refractivity (Wildman–Crippen MR) is 73.4 cm³/mol. The van der Waals surface area contributed by atoms with Gasteiger partial charge < -0.3 is 14.7 Å². The van der Waals surface area contributed by atoms with E-state index in [1.54, 1.807) is 19.2 Å². The van der Waals surface area contributed by atoms with Gasteiger partial charge in [-0.15, -0.1) is 0 Å². The van der Waals surface area contributed by atoms with Crippen LogP contribution in [0.1, 0.15) is 36.0 Å². The number of carbonyl (C=O) groups excluding carboxylic acids is 1. The standard InChI is InChI=1S/C15H21NO3/c1-16(10-11-17)15(18)12-6-8-14(9-7-12)19-13-4-2-3-5-13/h6-9,13,17H,2-5,10-11H2,1H3. The summed E-state index contributed by atoms with van der Waals surface area (Å²) < 4.78 is 5.85. The number of amides is 1. The third kappa shape index (κ3) is 3.70. The van der Waals surface area contributed by atoms with Crippen LogP contribution in [0, 0.1) is 0 Å². The molecular formula is C15H21NO3. The van der Waals surface area contributed by atoms with E-state index in [4.69, 9.17) is 9.84 Å². The molecule has 0 saturated heterocycles. The molecule has 19 heavy (non-hydrogen) atoms. The van der Waals surface area contributed by atoms with Crippen LogP contribution in [-0.2, 0) is 0 Å². The number of hydrogen-bond donors (Lipinski definition) is 1. The van der Waals surface area contributed by atoms with Gasteiger partial charge in [0.1, 0.15) is 5.75 Å². The van der Waals surface area contributed by atoms with Crippen LogP contribution < -0.4 is 4.74 Å². The van der Waals surface area contributed by atoms with Crippen LogP contribution in [0.25, 0.3) is 0 Å². The summed E-state index contributed by atoms with van der Waals surface area (Å²) in [7, 11) is 1.68. The SMILES string of the molecule is CN(CCO)C(=O)c1ccc(OC2CCCC2)cc1. The third-order valence-corrected chi connectivity index (χ3v) is 3.49. The first kappa shape index (κ1) is 13.9. The summed E-state index contributed by atoms with van der Waals surface area (Å²) in [5.41, 5.74) is 0.620. The van der Waals surface area contributed by atoms with Crippen LogP contribution in [0.3, 0.4) is 0 Å². The quantitative estimate of drug-likeness (QED) is 0.884. The summed E-state index contributed by atoms with van der Waals surface area (Å²) in [6.07, 6.45) is 5.07. The van der Waals surface area contributed by atoms with Crippen molar-refractivity contribution < 1.29 is 14.6 Å². The summed E-state index contributed by atoms with van der Waals surface area (Å²) in [6, 6.07) is 7.25. The Labute approximate surface area is 114 Å². The van der Waals surface area contributed by atoms with E-state index in [0.29, 0.717) is 18.2 Å². The number of nitrogens with zero attached hydrogens (tertiary/aromatic N) is 1. The van der Waals surface area contributed by atoms with Gasteiger partial charge in [0.25, 0.3) is 5.91 Å². The monoisotopic (exact) mass is 263 g/mol. The molecule has 0 unspecified atom stereocenters. The molecule has 0 aliphatic heterocycles. The molecule has 0 bridgehead atoms. The van der Waals surface area contributed by atoms with Gasteiger partial charge in [-0.25, -0.2) is 0 Å². The molecule has 0 heterocycles. The average Bonchev–Trinajstić information content (AvgIpc) is 2.92. The number of aliphatic hydroxyl groups excluding tert-OH is 1. The topological polar surface area (TPSA) is 49.8 Å². The van der Waals surface area contributed by atoms with Crippen molar-refractivity contribution >= 4 is 5.91 Å². The highest BCUT2D eigenvalue weighted by Gasteiger charge is 2.17. The molecule has 1 amide bonds. The van der Waals surface area contributed by atoms with E-state index in [1.807, 2.05) is 12.1 Å². The fourth-order valence-electron chi connectivity index (χ4n) is 2.35. The van der Waals surface area contributed by atoms with E-state index in [0.717, 1.165) is 18.6 Å². The molecule has 1 saturated carbocycles. The van der Waals surface area contributed by atoms with Crippen LogP contribution in [0.2, 0.25) is 0 Å². The smallest absolute Gasteiger partial charge is 0.253 e. The fourth-order valence-corrected chi connectivity index (χ4v) is 2.35. The van der Waals surface area contributed by atoms with Crippen LogP contribution in [0.5, 0.6) is 5.75 Å². The number of ether oxygens (including phenoxy) is 1. The molecule has 1 fully saturated rings. The molecule has 104 valence electrons. The summed E-state index contributed by atoms with van der Waals surface area (Å²) in [5, 5.41) is 8.82. The number of rotatable bonds is 5. The van der Waals surface area contributed by atoms with E-state index in [9.17, 15) is 4.79 Å². The molecule has 4 heteroatoms. The molecule has 1 aliphatic rings. The van der Waals surface area contributed by atoms with E-state index < -0.39 is 0 Å². The Bertz CT molecular complexity index is 410. The van der Waals surface area contributed by atoms with Gasteiger partial charge in [0.2, 0.25) is 0 Å². The van der Waals surface area contributed by atoms with Crippen molar-refractivity contribution in [2.24, 2.45) is 0 Å². The van der Waals surface area contributed by atoms with Crippen LogP contribution in [-0.4, -0.2) is 42.2 Å². The van der Waals surface area contributed by atoms with Crippen molar-refractivity contribution in [3.63, 3.8) is 0 Å². The van der Waals surface area contributed by atoms with Gasteiger partial charge in [0.15, 0.2) is 0 Å². The summed E-state index contributed by atoms with van der Waals surface area (Å²) in [6.45, 7) is 0.324. The summed E-state index contributed by atoms with van der Waals surface area (Å²) in [4.78, 5) is 13.5. The molecule has 2 rings (SSSR count). The normalized spacial score (nSPS) is 15.5. The Balaban J connectivity index is 1.95. The first-order chi connectivity index (χ1) is 9.20. The molecule has 0 spiro atoms. The highest BCUT2D eigenvalue weighted by atomic mass is 16.5. The molecule has 1 aromatic carbocycles. The lowest BCUT2D eigenvalue weighted by Gasteiger charge is -2.16. The molecule has 1 N–H and O–H groups in total. The summed E-state index contributed by atoms with van der Waals surface area (Å²) in [5.74, 6) is 0.745. The first-order valence-electron chi connectivity index (χ1n) is 6.84.